The number of carbonyl (C=O) groups is 1. The average molecular weight is 314 g/mol. The van der Waals surface area contributed by atoms with Crippen LogP contribution in [0, 0.1) is 6.92 Å². The molecule has 0 unspecified atom stereocenters. The van der Waals surface area contributed by atoms with Crippen molar-refractivity contribution in [2.45, 2.75) is 50.2 Å². The molecule has 2 aliphatic rings. The Morgan fingerprint density at radius 3 is 2.52 bits per heavy atom. The number of halogens is 1. The Kier molecular flexibility index (Phi) is 3.08. The zero-order valence-electron chi connectivity index (χ0n) is 13.1. The van der Waals surface area contributed by atoms with Crippen LogP contribution >= 0.6 is 0 Å². The largest absolute Gasteiger partial charge is 0.431 e. The lowest BCUT2D eigenvalue weighted by molar-refractivity contribution is 0.0872. The van der Waals surface area contributed by atoms with E-state index in [-0.39, 0.29) is 11.7 Å². The molecule has 120 valence electrons. The van der Waals surface area contributed by atoms with E-state index in [1.54, 1.807) is 6.92 Å². The fourth-order valence-electron chi connectivity index (χ4n) is 3.91. The van der Waals surface area contributed by atoms with Gasteiger partial charge in [-0.05, 0) is 44.7 Å². The van der Waals surface area contributed by atoms with Crippen LogP contribution in [0.2, 0.25) is 0 Å². The Labute approximate surface area is 134 Å². The number of nitrogens with zero attached hydrogens (tertiary/aromatic N) is 1. The summed E-state index contributed by atoms with van der Waals surface area (Å²) >= 11 is 0. The molecule has 2 aliphatic carbocycles. The summed E-state index contributed by atoms with van der Waals surface area (Å²) in [6.07, 6.45) is 2.91. The predicted molar refractivity (Wildman–Crippen MR) is 83.8 cm³/mol. The van der Waals surface area contributed by atoms with Gasteiger partial charge in [-0.2, -0.15) is 0 Å². The highest BCUT2D eigenvalue weighted by molar-refractivity contribution is 5.93. The van der Waals surface area contributed by atoms with Gasteiger partial charge in [0.25, 0.3) is 5.91 Å². The minimum absolute atomic E-state index is 0.224. The van der Waals surface area contributed by atoms with Crippen LogP contribution in [0.1, 0.15) is 48.4 Å². The third kappa shape index (κ3) is 2.44. The monoisotopic (exact) mass is 314 g/mol. The lowest BCUT2D eigenvalue weighted by atomic mass is 9.93. The smallest absolute Gasteiger partial charge is 0.289 e. The van der Waals surface area contributed by atoms with E-state index in [1.807, 2.05) is 30.3 Å². The summed E-state index contributed by atoms with van der Waals surface area (Å²) in [6, 6.07) is 9.47. The van der Waals surface area contributed by atoms with Gasteiger partial charge in [0, 0.05) is 17.5 Å². The molecule has 1 amide bonds. The van der Waals surface area contributed by atoms with Gasteiger partial charge in [-0.3, -0.25) is 4.79 Å². The Bertz CT molecular complexity index is 746. The molecule has 2 bridgehead atoms. The number of aromatic nitrogens is 1. The van der Waals surface area contributed by atoms with Crippen LogP contribution < -0.4 is 5.32 Å². The van der Waals surface area contributed by atoms with E-state index in [1.165, 1.54) is 0 Å². The van der Waals surface area contributed by atoms with Crippen molar-refractivity contribution in [2.24, 2.45) is 0 Å². The summed E-state index contributed by atoms with van der Waals surface area (Å²) in [4.78, 5) is 16.9. The Balaban J connectivity index is 1.57. The highest BCUT2D eigenvalue weighted by atomic mass is 19.1. The lowest BCUT2D eigenvalue weighted by Gasteiger charge is -2.27. The molecule has 0 spiro atoms. The number of benzene rings is 1. The van der Waals surface area contributed by atoms with Crippen LogP contribution in [-0.4, -0.2) is 22.1 Å². The van der Waals surface area contributed by atoms with E-state index >= 15 is 0 Å². The molecule has 0 radical (unpaired) electrons. The fourth-order valence-corrected chi connectivity index (χ4v) is 3.91. The number of hydrogen-bond donors (Lipinski definition) is 1. The van der Waals surface area contributed by atoms with Crippen molar-refractivity contribution in [1.29, 1.82) is 0 Å². The summed E-state index contributed by atoms with van der Waals surface area (Å²) in [6.45, 7) is 1.76. The summed E-state index contributed by atoms with van der Waals surface area (Å²) in [5.74, 6) is 0.369. The number of fused-ring (bicyclic) bond motifs is 2. The normalized spacial score (nSPS) is 29.0. The van der Waals surface area contributed by atoms with Crippen LogP contribution in [0.3, 0.4) is 0 Å². The van der Waals surface area contributed by atoms with Crippen molar-refractivity contribution in [3.63, 3.8) is 0 Å². The van der Waals surface area contributed by atoms with Gasteiger partial charge in [0.15, 0.2) is 0 Å². The Hall–Kier alpha value is -2.17. The molecule has 0 atom stereocenters. The minimum atomic E-state index is -1.08. The van der Waals surface area contributed by atoms with Crippen LogP contribution in [0.4, 0.5) is 4.39 Å². The first-order valence-electron chi connectivity index (χ1n) is 8.03. The van der Waals surface area contributed by atoms with E-state index in [2.05, 4.69) is 10.3 Å². The minimum Gasteiger partial charge on any atom is -0.431 e. The predicted octanol–water partition coefficient (Wildman–Crippen LogP) is 3.80. The summed E-state index contributed by atoms with van der Waals surface area (Å²) < 4.78 is 20.0. The molecule has 1 N–H and O–H groups in total. The van der Waals surface area contributed by atoms with E-state index in [4.69, 9.17) is 4.42 Å². The topological polar surface area (TPSA) is 55.1 Å². The van der Waals surface area contributed by atoms with Crippen molar-refractivity contribution in [3.05, 3.63) is 41.8 Å². The van der Waals surface area contributed by atoms with E-state index in [0.717, 1.165) is 5.56 Å². The number of oxazole rings is 1. The Morgan fingerprint density at radius 1 is 1.22 bits per heavy atom. The summed E-state index contributed by atoms with van der Waals surface area (Å²) in [5.41, 5.74) is -0.103. The number of rotatable bonds is 3. The van der Waals surface area contributed by atoms with Crippen molar-refractivity contribution in [1.82, 2.24) is 10.3 Å². The molecule has 0 saturated heterocycles. The fraction of sp³-hybridized carbons (Fsp3) is 0.444. The van der Waals surface area contributed by atoms with Gasteiger partial charge >= 0.3 is 0 Å². The third-order valence-corrected chi connectivity index (χ3v) is 5.16. The highest BCUT2D eigenvalue weighted by Gasteiger charge is 2.55. The zero-order valence-corrected chi connectivity index (χ0v) is 13.1. The van der Waals surface area contributed by atoms with Gasteiger partial charge in [-0.25, -0.2) is 9.37 Å². The van der Waals surface area contributed by atoms with Gasteiger partial charge in [0.2, 0.25) is 11.7 Å². The summed E-state index contributed by atoms with van der Waals surface area (Å²) in [7, 11) is 0. The number of carbonyl (C=O) groups excluding carboxylic acids is 1. The molecular weight excluding hydrogens is 295 g/mol. The van der Waals surface area contributed by atoms with E-state index < -0.39 is 11.2 Å². The summed E-state index contributed by atoms with van der Waals surface area (Å²) in [5, 5.41) is 3.02. The number of alkyl halides is 1. The second-order valence-electron chi connectivity index (χ2n) is 6.86. The molecule has 2 fully saturated rings. The quantitative estimate of drug-likeness (QED) is 0.937. The average Bonchev–Trinajstić information content (AvgIpc) is 3.18. The van der Waals surface area contributed by atoms with Crippen LogP contribution in [-0.2, 0) is 0 Å². The maximum absolute atomic E-state index is 14.3. The zero-order chi connectivity index (χ0) is 16.1. The van der Waals surface area contributed by atoms with Crippen molar-refractivity contribution in [3.8, 4) is 11.5 Å². The van der Waals surface area contributed by atoms with Crippen molar-refractivity contribution in [2.75, 3.05) is 0 Å². The van der Waals surface area contributed by atoms with Crippen molar-refractivity contribution >= 4 is 5.91 Å². The molecule has 23 heavy (non-hydrogen) atoms. The standard InChI is InChI=1S/C18H19FN2O2/c1-12-14(23-16(20-12)13-5-3-2-4-6-13)15(22)21-18-9-7-17(19,11-18)8-10-18/h2-6H,7-11H2,1H3,(H,21,22). The van der Waals surface area contributed by atoms with Crippen LogP contribution in [0.25, 0.3) is 11.5 Å². The maximum atomic E-state index is 14.3. The lowest BCUT2D eigenvalue weighted by Crippen LogP contribution is -2.45. The molecule has 4 rings (SSSR count). The molecule has 2 saturated carbocycles. The molecule has 4 nitrogen and oxygen atoms in total. The molecule has 1 aromatic carbocycles. The number of nitrogens with one attached hydrogen (secondary N) is 1. The second kappa shape index (κ2) is 4.91. The van der Waals surface area contributed by atoms with Crippen LogP contribution in [0.15, 0.2) is 34.7 Å². The first-order chi connectivity index (χ1) is 11.0. The first-order valence-corrected chi connectivity index (χ1v) is 8.03. The third-order valence-electron chi connectivity index (χ3n) is 5.16. The molecule has 2 aromatic rings. The second-order valence-corrected chi connectivity index (χ2v) is 6.86. The molecule has 5 heteroatoms. The van der Waals surface area contributed by atoms with E-state index in [9.17, 15) is 9.18 Å². The molecular formula is C18H19FN2O2. The SMILES string of the molecule is Cc1nc(-c2ccccc2)oc1C(=O)NC12CCC(F)(CC1)C2. The highest BCUT2D eigenvalue weighted by Crippen LogP contribution is 2.52. The van der Waals surface area contributed by atoms with E-state index in [0.29, 0.717) is 43.7 Å². The van der Waals surface area contributed by atoms with Gasteiger partial charge in [-0.1, -0.05) is 18.2 Å². The number of hydrogen-bond acceptors (Lipinski definition) is 3. The first kappa shape index (κ1) is 14.4. The van der Waals surface area contributed by atoms with Crippen molar-refractivity contribution < 1.29 is 13.6 Å². The van der Waals surface area contributed by atoms with Gasteiger partial charge in [0.1, 0.15) is 5.67 Å². The Morgan fingerprint density at radius 2 is 1.91 bits per heavy atom. The van der Waals surface area contributed by atoms with Gasteiger partial charge in [-0.15, -0.1) is 0 Å². The molecule has 1 heterocycles. The number of amides is 1. The number of aryl methyl sites for hydroxylation is 1. The molecule has 0 aliphatic heterocycles. The van der Waals surface area contributed by atoms with Gasteiger partial charge in [0.05, 0.1) is 5.69 Å². The maximum Gasteiger partial charge on any atom is 0.289 e. The van der Waals surface area contributed by atoms with Gasteiger partial charge < -0.3 is 9.73 Å². The van der Waals surface area contributed by atoms with Crippen LogP contribution in [0.5, 0.6) is 0 Å². The molecule has 1 aromatic heterocycles.